The number of carbonyl (C=O) groups is 1. The Morgan fingerprint density at radius 3 is 2.82 bits per heavy atom. The molecule has 0 aliphatic rings. The van der Waals surface area contributed by atoms with E-state index >= 15 is 0 Å². The second-order valence-corrected chi connectivity index (χ2v) is 4.53. The van der Waals surface area contributed by atoms with Crippen LogP contribution in [0.2, 0.25) is 5.02 Å². The predicted molar refractivity (Wildman–Crippen MR) is 70.7 cm³/mol. The lowest BCUT2D eigenvalue weighted by Gasteiger charge is -2.12. The molecule has 94 valence electrons. The van der Waals surface area contributed by atoms with Gasteiger partial charge >= 0.3 is 0 Å². The number of halogens is 1. The maximum Gasteiger partial charge on any atom is 0.191 e. The molecule has 1 aromatic carbocycles. The van der Waals surface area contributed by atoms with Gasteiger partial charge in [-0.3, -0.25) is 4.79 Å². The van der Waals surface area contributed by atoms with E-state index in [9.17, 15) is 4.79 Å². The molecule has 0 aromatic heterocycles. The fraction of sp³-hybridized carbons (Fsp3) is 0.500. The van der Waals surface area contributed by atoms with E-state index in [1.807, 2.05) is 0 Å². The van der Waals surface area contributed by atoms with Gasteiger partial charge in [-0.05, 0) is 25.5 Å². The standard InChI is InChI=1S/C14H19ClO2/c1-3-4-5-9-17-11(2)14(16)12-7-6-8-13(15)10-12/h6-8,10-11H,3-5,9H2,1-2H3. The second kappa shape index (κ2) is 7.46. The fourth-order valence-corrected chi connectivity index (χ4v) is 1.75. The van der Waals surface area contributed by atoms with E-state index in [-0.39, 0.29) is 5.78 Å². The molecule has 2 nitrogen and oxygen atoms in total. The summed E-state index contributed by atoms with van der Waals surface area (Å²) in [5, 5.41) is 0.578. The summed E-state index contributed by atoms with van der Waals surface area (Å²) in [6.45, 7) is 4.57. The van der Waals surface area contributed by atoms with E-state index in [0.717, 1.165) is 19.3 Å². The minimum Gasteiger partial charge on any atom is -0.370 e. The first kappa shape index (κ1) is 14.2. The lowest BCUT2D eigenvalue weighted by Crippen LogP contribution is -2.21. The van der Waals surface area contributed by atoms with Gasteiger partial charge in [0.1, 0.15) is 6.10 Å². The number of benzene rings is 1. The van der Waals surface area contributed by atoms with Crippen LogP contribution in [0.25, 0.3) is 0 Å². The normalized spacial score (nSPS) is 12.4. The Morgan fingerprint density at radius 2 is 2.18 bits per heavy atom. The maximum atomic E-state index is 12.0. The Kier molecular flexibility index (Phi) is 6.23. The smallest absolute Gasteiger partial charge is 0.191 e. The average Bonchev–Trinajstić information content (AvgIpc) is 2.33. The highest BCUT2D eigenvalue weighted by molar-refractivity contribution is 6.31. The van der Waals surface area contributed by atoms with Gasteiger partial charge in [0, 0.05) is 17.2 Å². The van der Waals surface area contributed by atoms with Crippen molar-refractivity contribution in [3.63, 3.8) is 0 Å². The Morgan fingerprint density at radius 1 is 1.41 bits per heavy atom. The van der Waals surface area contributed by atoms with Crippen molar-refractivity contribution in [2.75, 3.05) is 6.61 Å². The van der Waals surface area contributed by atoms with Gasteiger partial charge in [0.25, 0.3) is 0 Å². The van der Waals surface area contributed by atoms with E-state index in [1.165, 1.54) is 0 Å². The number of rotatable bonds is 7. The highest BCUT2D eigenvalue weighted by atomic mass is 35.5. The van der Waals surface area contributed by atoms with Crippen molar-refractivity contribution in [3.8, 4) is 0 Å². The van der Waals surface area contributed by atoms with Crippen molar-refractivity contribution in [1.29, 1.82) is 0 Å². The summed E-state index contributed by atoms with van der Waals surface area (Å²) in [6.07, 6.45) is 2.90. The van der Waals surface area contributed by atoms with Crippen LogP contribution in [-0.2, 0) is 4.74 Å². The zero-order valence-corrected chi connectivity index (χ0v) is 11.2. The van der Waals surface area contributed by atoms with Crippen molar-refractivity contribution < 1.29 is 9.53 Å². The first-order valence-corrected chi connectivity index (χ1v) is 6.44. The Bertz CT molecular complexity index is 363. The SMILES string of the molecule is CCCCCOC(C)C(=O)c1cccc(Cl)c1. The number of hydrogen-bond donors (Lipinski definition) is 0. The average molecular weight is 255 g/mol. The lowest BCUT2D eigenvalue weighted by atomic mass is 10.1. The minimum atomic E-state index is -0.398. The van der Waals surface area contributed by atoms with E-state index in [4.69, 9.17) is 16.3 Å². The molecule has 1 atom stereocenters. The van der Waals surface area contributed by atoms with Crippen LogP contribution in [-0.4, -0.2) is 18.5 Å². The zero-order chi connectivity index (χ0) is 12.7. The van der Waals surface area contributed by atoms with Crippen molar-refractivity contribution in [2.45, 2.75) is 39.2 Å². The number of carbonyl (C=O) groups excluding carboxylic acids is 1. The Labute approximate surface area is 108 Å². The molecule has 0 aliphatic heterocycles. The van der Waals surface area contributed by atoms with Gasteiger partial charge in [-0.2, -0.15) is 0 Å². The van der Waals surface area contributed by atoms with E-state index in [2.05, 4.69) is 6.92 Å². The molecule has 0 saturated carbocycles. The summed E-state index contributed by atoms with van der Waals surface area (Å²) in [4.78, 5) is 12.0. The first-order chi connectivity index (χ1) is 8.15. The molecule has 17 heavy (non-hydrogen) atoms. The quantitative estimate of drug-likeness (QED) is 0.541. The van der Waals surface area contributed by atoms with Gasteiger partial charge in [-0.15, -0.1) is 0 Å². The maximum absolute atomic E-state index is 12.0. The molecule has 0 bridgehead atoms. The largest absolute Gasteiger partial charge is 0.370 e. The number of ether oxygens (including phenoxy) is 1. The van der Waals surface area contributed by atoms with Crippen LogP contribution in [0.5, 0.6) is 0 Å². The number of ketones is 1. The lowest BCUT2D eigenvalue weighted by molar-refractivity contribution is 0.0465. The summed E-state index contributed by atoms with van der Waals surface area (Å²) in [5.41, 5.74) is 0.612. The molecule has 0 heterocycles. The van der Waals surface area contributed by atoms with E-state index in [1.54, 1.807) is 31.2 Å². The van der Waals surface area contributed by atoms with Crippen LogP contribution in [0.4, 0.5) is 0 Å². The molecule has 0 N–H and O–H groups in total. The number of unbranched alkanes of at least 4 members (excludes halogenated alkanes) is 2. The molecule has 0 aliphatic carbocycles. The molecule has 3 heteroatoms. The summed E-state index contributed by atoms with van der Waals surface area (Å²) >= 11 is 5.85. The van der Waals surface area contributed by atoms with Crippen molar-refractivity contribution >= 4 is 17.4 Å². The van der Waals surface area contributed by atoms with Gasteiger partial charge < -0.3 is 4.74 Å². The van der Waals surface area contributed by atoms with Crippen LogP contribution in [0.1, 0.15) is 43.5 Å². The monoisotopic (exact) mass is 254 g/mol. The van der Waals surface area contributed by atoms with Crippen molar-refractivity contribution in [2.24, 2.45) is 0 Å². The second-order valence-electron chi connectivity index (χ2n) is 4.09. The first-order valence-electron chi connectivity index (χ1n) is 6.06. The number of hydrogen-bond acceptors (Lipinski definition) is 2. The van der Waals surface area contributed by atoms with Gasteiger partial charge in [0.2, 0.25) is 0 Å². The zero-order valence-electron chi connectivity index (χ0n) is 10.4. The van der Waals surface area contributed by atoms with E-state index in [0.29, 0.717) is 17.2 Å². The fourth-order valence-electron chi connectivity index (χ4n) is 1.56. The molecule has 0 radical (unpaired) electrons. The summed E-state index contributed by atoms with van der Waals surface area (Å²) in [7, 11) is 0. The minimum absolute atomic E-state index is 0.0102. The molecule has 0 spiro atoms. The molecule has 0 amide bonds. The molecular weight excluding hydrogens is 236 g/mol. The molecule has 1 aromatic rings. The van der Waals surface area contributed by atoms with Crippen LogP contribution < -0.4 is 0 Å². The Hall–Kier alpha value is -0.860. The van der Waals surface area contributed by atoms with Crippen LogP contribution >= 0.6 is 11.6 Å². The predicted octanol–water partition coefficient (Wildman–Crippen LogP) is 4.12. The van der Waals surface area contributed by atoms with Gasteiger partial charge in [0.05, 0.1) is 0 Å². The highest BCUT2D eigenvalue weighted by Gasteiger charge is 2.15. The summed E-state index contributed by atoms with van der Waals surface area (Å²) in [5.74, 6) is -0.0102. The third-order valence-electron chi connectivity index (χ3n) is 2.59. The van der Waals surface area contributed by atoms with Crippen molar-refractivity contribution in [1.82, 2.24) is 0 Å². The topological polar surface area (TPSA) is 26.3 Å². The van der Waals surface area contributed by atoms with Crippen LogP contribution in [0.15, 0.2) is 24.3 Å². The van der Waals surface area contributed by atoms with Gasteiger partial charge in [-0.1, -0.05) is 43.5 Å². The molecule has 1 rings (SSSR count). The molecule has 1 unspecified atom stereocenters. The molecule has 0 saturated heterocycles. The summed E-state index contributed by atoms with van der Waals surface area (Å²) < 4.78 is 5.51. The number of Topliss-reactive ketones (excluding diaryl/α,β-unsaturated/α-hetero) is 1. The molecule has 0 fully saturated rings. The molecular formula is C14H19ClO2. The Balaban J connectivity index is 2.46. The third kappa shape index (κ3) is 4.88. The highest BCUT2D eigenvalue weighted by Crippen LogP contribution is 2.13. The van der Waals surface area contributed by atoms with E-state index < -0.39 is 6.10 Å². The third-order valence-corrected chi connectivity index (χ3v) is 2.83. The van der Waals surface area contributed by atoms with Gasteiger partial charge in [0.15, 0.2) is 5.78 Å². The van der Waals surface area contributed by atoms with Gasteiger partial charge in [-0.25, -0.2) is 0 Å². The van der Waals surface area contributed by atoms with Crippen molar-refractivity contribution in [3.05, 3.63) is 34.9 Å². The van der Waals surface area contributed by atoms with Crippen LogP contribution in [0.3, 0.4) is 0 Å². The summed E-state index contributed by atoms with van der Waals surface area (Å²) in [6, 6.07) is 6.97. The van der Waals surface area contributed by atoms with Crippen LogP contribution in [0, 0.1) is 0 Å².